The average molecular weight is 175 g/mol. The van der Waals surface area contributed by atoms with E-state index in [1.165, 1.54) is 0 Å². The molecule has 11 heavy (non-hydrogen) atoms. The van der Waals surface area contributed by atoms with E-state index in [2.05, 4.69) is 39.9 Å². The zero-order valence-corrected chi connectivity index (χ0v) is 9.16. The van der Waals surface area contributed by atoms with Gasteiger partial charge in [-0.15, -0.1) is 0 Å². The first-order valence-electron chi connectivity index (χ1n) is 4.41. The molecule has 1 nitrogen and oxygen atoms in total. The zero-order valence-electron chi connectivity index (χ0n) is 8.35. The first-order valence-corrected chi connectivity index (χ1v) is 5.35. The van der Waals surface area contributed by atoms with Crippen LogP contribution in [0.3, 0.4) is 0 Å². The summed E-state index contributed by atoms with van der Waals surface area (Å²) < 4.78 is 0. The van der Waals surface area contributed by atoms with E-state index < -0.39 is 0 Å². The van der Waals surface area contributed by atoms with Crippen molar-refractivity contribution in [3.63, 3.8) is 0 Å². The number of nitrogens with one attached hydrogen (secondary N) is 1. The lowest BCUT2D eigenvalue weighted by atomic mass is 10.3. The second kappa shape index (κ2) is 5.90. The fourth-order valence-electron chi connectivity index (χ4n) is 0.914. The fourth-order valence-corrected chi connectivity index (χ4v) is 2.04. The summed E-state index contributed by atoms with van der Waals surface area (Å²) in [5, 5.41) is 4.91. The maximum Gasteiger partial charge on any atom is 0.0146 e. The molecule has 0 bridgehead atoms. The van der Waals surface area contributed by atoms with Crippen LogP contribution in [0, 0.1) is 0 Å². The van der Waals surface area contributed by atoms with E-state index in [-0.39, 0.29) is 0 Å². The van der Waals surface area contributed by atoms with Gasteiger partial charge in [0.25, 0.3) is 0 Å². The van der Waals surface area contributed by atoms with Gasteiger partial charge in [0, 0.05) is 17.8 Å². The van der Waals surface area contributed by atoms with Crippen LogP contribution in [0.2, 0.25) is 0 Å². The predicted octanol–water partition coefficient (Wildman–Crippen LogP) is 2.51. The molecule has 68 valence electrons. The van der Waals surface area contributed by atoms with Gasteiger partial charge in [0.2, 0.25) is 0 Å². The number of hydrogen-bond donors (Lipinski definition) is 1. The van der Waals surface area contributed by atoms with Gasteiger partial charge in [0.1, 0.15) is 0 Å². The molecular weight excluding hydrogens is 154 g/mol. The van der Waals surface area contributed by atoms with Crippen molar-refractivity contribution >= 4 is 11.8 Å². The van der Waals surface area contributed by atoms with Crippen LogP contribution >= 0.6 is 11.8 Å². The molecule has 1 unspecified atom stereocenters. The zero-order chi connectivity index (χ0) is 8.85. The quantitative estimate of drug-likeness (QED) is 0.689. The van der Waals surface area contributed by atoms with Gasteiger partial charge in [-0.1, -0.05) is 34.6 Å². The molecule has 2 heteroatoms. The summed E-state index contributed by atoms with van der Waals surface area (Å²) in [7, 11) is 0. The monoisotopic (exact) mass is 175 g/mol. The largest absolute Gasteiger partial charge is 0.313 e. The topological polar surface area (TPSA) is 12.0 Å². The Morgan fingerprint density at radius 3 is 2.00 bits per heavy atom. The number of hydrogen-bond acceptors (Lipinski definition) is 2. The second-order valence-electron chi connectivity index (χ2n) is 3.56. The van der Waals surface area contributed by atoms with Gasteiger partial charge in [0.15, 0.2) is 0 Å². The third kappa shape index (κ3) is 8.21. The van der Waals surface area contributed by atoms with Crippen molar-refractivity contribution in [1.82, 2.24) is 5.32 Å². The van der Waals surface area contributed by atoms with E-state index in [0.29, 0.717) is 6.04 Å². The molecule has 0 aliphatic carbocycles. The maximum absolute atomic E-state index is 3.43. The summed E-state index contributed by atoms with van der Waals surface area (Å²) >= 11 is 2.03. The average Bonchev–Trinajstić information content (AvgIpc) is 1.82. The molecule has 0 rings (SSSR count). The molecule has 0 saturated heterocycles. The summed E-state index contributed by atoms with van der Waals surface area (Å²) in [6, 6.07) is 0.616. The third-order valence-corrected chi connectivity index (χ3v) is 2.49. The van der Waals surface area contributed by atoms with Crippen molar-refractivity contribution in [2.45, 2.75) is 51.2 Å². The van der Waals surface area contributed by atoms with Gasteiger partial charge in [-0.3, -0.25) is 0 Å². The van der Waals surface area contributed by atoms with Crippen LogP contribution in [0.25, 0.3) is 0 Å². The standard InChI is InChI=1S/C9H21NS/c1-7(2)10-6-9(5)11-8(3)4/h7-10H,6H2,1-5H3. The lowest BCUT2D eigenvalue weighted by molar-refractivity contribution is 0.588. The number of rotatable bonds is 5. The van der Waals surface area contributed by atoms with Gasteiger partial charge >= 0.3 is 0 Å². The van der Waals surface area contributed by atoms with Crippen molar-refractivity contribution in [3.8, 4) is 0 Å². The molecule has 0 amide bonds. The van der Waals surface area contributed by atoms with Crippen LogP contribution in [-0.2, 0) is 0 Å². The molecule has 0 aliphatic heterocycles. The highest BCUT2D eigenvalue weighted by atomic mass is 32.2. The Morgan fingerprint density at radius 1 is 1.09 bits per heavy atom. The Balaban J connectivity index is 3.29. The van der Waals surface area contributed by atoms with Crippen molar-refractivity contribution < 1.29 is 0 Å². The molecule has 0 saturated carbocycles. The highest BCUT2D eigenvalue weighted by Crippen LogP contribution is 2.15. The van der Waals surface area contributed by atoms with Gasteiger partial charge in [-0.2, -0.15) is 11.8 Å². The van der Waals surface area contributed by atoms with Gasteiger partial charge in [0.05, 0.1) is 0 Å². The normalized spacial score (nSPS) is 14.5. The minimum atomic E-state index is 0.616. The summed E-state index contributed by atoms with van der Waals surface area (Å²) in [6.07, 6.45) is 0. The van der Waals surface area contributed by atoms with Crippen molar-refractivity contribution in [2.24, 2.45) is 0 Å². The molecule has 0 aromatic rings. The van der Waals surface area contributed by atoms with Crippen LogP contribution in [0.5, 0.6) is 0 Å². The molecule has 0 heterocycles. The fraction of sp³-hybridized carbons (Fsp3) is 1.00. The Labute approximate surface area is 75.3 Å². The van der Waals surface area contributed by atoms with E-state index >= 15 is 0 Å². The smallest absolute Gasteiger partial charge is 0.0146 e. The molecule has 1 N–H and O–H groups in total. The molecular formula is C9H21NS. The van der Waals surface area contributed by atoms with Gasteiger partial charge in [-0.25, -0.2) is 0 Å². The summed E-state index contributed by atoms with van der Waals surface area (Å²) in [4.78, 5) is 0. The van der Waals surface area contributed by atoms with Crippen LogP contribution in [0.4, 0.5) is 0 Å². The van der Waals surface area contributed by atoms with Gasteiger partial charge in [-0.05, 0) is 5.25 Å². The molecule has 0 radical (unpaired) electrons. The Bertz CT molecular complexity index is 91.6. The van der Waals surface area contributed by atoms with E-state index in [4.69, 9.17) is 0 Å². The summed E-state index contributed by atoms with van der Waals surface area (Å²) in [6.45, 7) is 12.3. The van der Waals surface area contributed by atoms with Gasteiger partial charge < -0.3 is 5.32 Å². The summed E-state index contributed by atoms with van der Waals surface area (Å²) in [5.74, 6) is 0. The minimum absolute atomic E-state index is 0.616. The van der Waals surface area contributed by atoms with Crippen molar-refractivity contribution in [1.29, 1.82) is 0 Å². The number of thioether (sulfide) groups is 1. The highest BCUT2D eigenvalue weighted by molar-refractivity contribution is 8.00. The third-order valence-electron chi connectivity index (χ3n) is 1.32. The lowest BCUT2D eigenvalue weighted by Crippen LogP contribution is -2.29. The molecule has 0 aromatic carbocycles. The first kappa shape index (κ1) is 11.3. The molecule has 0 aliphatic rings. The Kier molecular flexibility index (Phi) is 6.06. The first-order chi connectivity index (χ1) is 5.02. The molecule has 1 atom stereocenters. The maximum atomic E-state index is 3.43. The van der Waals surface area contributed by atoms with Crippen LogP contribution in [0.15, 0.2) is 0 Å². The van der Waals surface area contributed by atoms with Crippen LogP contribution in [0.1, 0.15) is 34.6 Å². The van der Waals surface area contributed by atoms with E-state index in [1.54, 1.807) is 0 Å². The van der Waals surface area contributed by atoms with Crippen molar-refractivity contribution in [3.05, 3.63) is 0 Å². The molecule has 0 fully saturated rings. The van der Waals surface area contributed by atoms with Crippen LogP contribution in [-0.4, -0.2) is 23.1 Å². The molecule has 0 aromatic heterocycles. The SMILES string of the molecule is CC(C)NCC(C)SC(C)C. The second-order valence-corrected chi connectivity index (χ2v) is 5.58. The van der Waals surface area contributed by atoms with E-state index in [0.717, 1.165) is 17.0 Å². The Morgan fingerprint density at radius 2 is 1.64 bits per heavy atom. The summed E-state index contributed by atoms with van der Waals surface area (Å²) in [5.41, 5.74) is 0. The van der Waals surface area contributed by atoms with Crippen LogP contribution < -0.4 is 5.32 Å². The predicted molar refractivity (Wildman–Crippen MR) is 55.3 cm³/mol. The molecule has 0 spiro atoms. The highest BCUT2D eigenvalue weighted by Gasteiger charge is 2.04. The minimum Gasteiger partial charge on any atom is -0.313 e. The van der Waals surface area contributed by atoms with E-state index in [1.807, 2.05) is 11.8 Å². The Hall–Kier alpha value is 0.310. The van der Waals surface area contributed by atoms with Crippen molar-refractivity contribution in [2.75, 3.05) is 6.54 Å². The van der Waals surface area contributed by atoms with E-state index in [9.17, 15) is 0 Å². The lowest BCUT2D eigenvalue weighted by Gasteiger charge is -2.16.